The predicted octanol–water partition coefficient (Wildman–Crippen LogP) is -12.0. The molecule has 328 valence electrons. The zero-order chi connectivity index (χ0) is 41.3. The minimum Gasteiger partial charge on any atom is -0.394 e. The summed E-state index contributed by atoms with van der Waals surface area (Å²) in [5.74, 6) is 0. The van der Waals surface area contributed by atoms with Crippen LogP contribution in [0.25, 0.3) is 0 Å². The summed E-state index contributed by atoms with van der Waals surface area (Å²) in [5, 5.41) is 166. The van der Waals surface area contributed by atoms with E-state index in [9.17, 15) is 81.7 Å². The van der Waals surface area contributed by atoms with Crippen LogP contribution in [0.5, 0.6) is 0 Å². The number of hydrogen-bond donors (Lipinski definition) is 17. The third-order valence-electron chi connectivity index (χ3n) is 10.4. The van der Waals surface area contributed by atoms with Crippen LogP contribution in [0, 0.1) is 0 Å². The average Bonchev–Trinajstić information content (AvgIpc) is 3.19. The van der Waals surface area contributed by atoms with Gasteiger partial charge in [-0.2, -0.15) is 0 Å². The minimum atomic E-state index is -2.11. The van der Waals surface area contributed by atoms with E-state index in [1.54, 1.807) is 0 Å². The van der Waals surface area contributed by atoms with E-state index in [0.29, 0.717) is 0 Å². The molecule has 0 spiro atoms. The van der Waals surface area contributed by atoms with Gasteiger partial charge in [-0.1, -0.05) is 0 Å². The van der Waals surface area contributed by atoms with E-state index in [1.807, 2.05) is 0 Å². The maximum Gasteiger partial charge on any atom is 0.187 e. The van der Waals surface area contributed by atoms with Crippen molar-refractivity contribution in [2.75, 3.05) is 33.0 Å². The smallest absolute Gasteiger partial charge is 0.187 e. The fourth-order valence-electron chi connectivity index (χ4n) is 7.08. The highest BCUT2D eigenvalue weighted by Gasteiger charge is 2.56. The van der Waals surface area contributed by atoms with Crippen molar-refractivity contribution in [3.05, 3.63) is 0 Å². The molecule has 11 unspecified atom stereocenters. The van der Waals surface area contributed by atoms with Crippen LogP contribution in [0.1, 0.15) is 0 Å². The Morgan fingerprint density at radius 1 is 0.321 bits per heavy atom. The Morgan fingerprint density at radius 3 is 0.875 bits per heavy atom. The lowest BCUT2D eigenvalue weighted by atomic mass is 9.95. The lowest BCUT2D eigenvalue weighted by molar-refractivity contribution is -0.392. The third kappa shape index (κ3) is 9.16. The molecule has 5 fully saturated rings. The van der Waals surface area contributed by atoms with Crippen LogP contribution in [0.3, 0.4) is 0 Å². The van der Waals surface area contributed by atoms with Crippen LogP contribution in [0.4, 0.5) is 0 Å². The summed E-state index contributed by atoms with van der Waals surface area (Å²) < 4.78 is 49.3. The minimum absolute atomic E-state index is 0.686. The van der Waals surface area contributed by atoms with Crippen molar-refractivity contribution >= 4 is 0 Å². The van der Waals surface area contributed by atoms with Crippen molar-refractivity contribution in [2.24, 2.45) is 5.73 Å². The predicted molar refractivity (Wildman–Crippen MR) is 168 cm³/mol. The zero-order valence-corrected chi connectivity index (χ0v) is 29.4. The quantitative estimate of drug-likeness (QED) is 0.0819. The van der Waals surface area contributed by atoms with E-state index >= 15 is 0 Å². The number of nitrogens with two attached hydrogens (primary N) is 1. The van der Waals surface area contributed by atoms with Gasteiger partial charge in [0, 0.05) is 0 Å². The van der Waals surface area contributed by atoms with E-state index in [0.717, 1.165) is 0 Å². The van der Waals surface area contributed by atoms with E-state index in [4.69, 9.17) is 48.4 Å². The van der Waals surface area contributed by atoms with Gasteiger partial charge in [-0.05, 0) is 0 Å². The third-order valence-corrected chi connectivity index (χ3v) is 10.4. The van der Waals surface area contributed by atoms with Gasteiger partial charge in [-0.25, -0.2) is 0 Å². The van der Waals surface area contributed by atoms with Gasteiger partial charge in [0.05, 0.1) is 39.1 Å². The average molecular weight is 828 g/mol. The van der Waals surface area contributed by atoms with Gasteiger partial charge in [0.1, 0.15) is 116 Å². The molecule has 5 saturated heterocycles. The Morgan fingerprint density at radius 2 is 0.571 bits per heavy atom. The highest BCUT2D eigenvalue weighted by atomic mass is 16.8. The Balaban J connectivity index is 1.22. The Kier molecular flexibility index (Phi) is 16.1. The van der Waals surface area contributed by atoms with Crippen molar-refractivity contribution in [3.63, 3.8) is 0 Å². The summed E-state index contributed by atoms with van der Waals surface area (Å²) in [5.41, 5.74) is 5.74. The molecule has 18 N–H and O–H groups in total. The Labute approximate surface area is 316 Å². The van der Waals surface area contributed by atoms with Gasteiger partial charge < -0.3 is 130 Å². The normalized spacial score (nSPS) is 53.2. The fraction of sp³-hybridized carbons (Fsp3) is 1.00. The first kappa shape index (κ1) is 46.0. The van der Waals surface area contributed by atoms with Crippen LogP contribution in [0.15, 0.2) is 0 Å². The van der Waals surface area contributed by atoms with Gasteiger partial charge in [0.2, 0.25) is 0 Å². The van der Waals surface area contributed by atoms with Crippen molar-refractivity contribution < 1.29 is 124 Å². The second kappa shape index (κ2) is 19.6. The Bertz CT molecular complexity index is 1200. The van der Waals surface area contributed by atoms with Crippen molar-refractivity contribution in [1.82, 2.24) is 0 Å². The molecule has 0 aromatic rings. The first-order valence-electron chi connectivity index (χ1n) is 17.7. The van der Waals surface area contributed by atoms with Crippen LogP contribution >= 0.6 is 0 Å². The molecule has 0 aromatic carbocycles. The first-order chi connectivity index (χ1) is 26.5. The molecule has 5 heterocycles. The monoisotopic (exact) mass is 827 g/mol. The number of aliphatic hydroxyl groups is 16. The summed E-state index contributed by atoms with van der Waals surface area (Å²) in [4.78, 5) is 0. The second-order valence-electron chi connectivity index (χ2n) is 14.0. The highest BCUT2D eigenvalue weighted by molar-refractivity contribution is 4.99. The van der Waals surface area contributed by atoms with E-state index < -0.39 is 187 Å². The van der Waals surface area contributed by atoms with E-state index in [1.165, 1.54) is 0 Å². The van der Waals surface area contributed by atoms with Crippen molar-refractivity contribution in [1.29, 1.82) is 0 Å². The van der Waals surface area contributed by atoms with Crippen molar-refractivity contribution in [2.45, 2.75) is 153 Å². The van der Waals surface area contributed by atoms with Crippen LogP contribution in [-0.4, -0.2) is 268 Å². The van der Waals surface area contributed by atoms with Crippen LogP contribution in [-0.2, 0) is 42.6 Å². The topological polar surface area (TPSA) is 433 Å². The zero-order valence-electron chi connectivity index (χ0n) is 29.4. The molecule has 0 bridgehead atoms. The van der Waals surface area contributed by atoms with Crippen molar-refractivity contribution in [3.8, 4) is 0 Å². The first-order valence-corrected chi connectivity index (χ1v) is 17.7. The van der Waals surface area contributed by atoms with Gasteiger partial charge in [0.15, 0.2) is 31.5 Å². The molecule has 5 aliphatic heterocycles. The molecular weight excluding hydrogens is 774 g/mol. The van der Waals surface area contributed by atoms with Gasteiger partial charge in [-0.3, -0.25) is 0 Å². The molecule has 26 heteroatoms. The maximum absolute atomic E-state index is 11.1. The lowest BCUT2D eigenvalue weighted by Crippen LogP contribution is -2.68. The highest BCUT2D eigenvalue weighted by Crippen LogP contribution is 2.35. The summed E-state index contributed by atoms with van der Waals surface area (Å²) in [6, 6.07) is -1.22. The molecule has 0 amide bonds. The number of aliphatic hydroxyl groups excluding tert-OH is 16. The molecule has 5 rings (SSSR count). The molecule has 26 nitrogen and oxygen atoms in total. The summed E-state index contributed by atoms with van der Waals surface area (Å²) in [6.45, 7) is -4.34. The molecular formula is C30H53NO25. The molecule has 56 heavy (non-hydrogen) atoms. The summed E-state index contributed by atoms with van der Waals surface area (Å²) in [6.07, 6.45) is -43.1. The van der Waals surface area contributed by atoms with Gasteiger partial charge in [0.25, 0.3) is 0 Å². The van der Waals surface area contributed by atoms with Crippen LogP contribution < -0.4 is 5.73 Å². The van der Waals surface area contributed by atoms with Crippen LogP contribution in [0.2, 0.25) is 0 Å². The molecule has 25 atom stereocenters. The molecule has 0 saturated carbocycles. The molecule has 0 radical (unpaired) electrons. The lowest BCUT2D eigenvalue weighted by Gasteiger charge is -2.49. The summed E-state index contributed by atoms with van der Waals surface area (Å²) >= 11 is 0. The Hall–Kier alpha value is -1.04. The standard InChI is InChI=1S/C30H53NO25/c31-11-6(1-32)49-27(18(43)12(11)37)54-23-8(3-34)51-29(20(45)14(23)39)56-25-10(5-36)52-30(21(46)16(25)41)55-24-9(4-35)50-28(19(44)15(24)40)53-22-7(2-33)48-26(47)17(42)13(22)38/h6-30,32-47H,1-5,31H2/t6?,7?,8?,9?,10?,11-,12+,13-,14-,15-,16-,17?,18?,19?,20?,21?,22-,23-,24-,25-,26?,27-,28-,29-,30-/m1/s1. The van der Waals surface area contributed by atoms with E-state index in [2.05, 4.69) is 0 Å². The van der Waals surface area contributed by atoms with E-state index in [-0.39, 0.29) is 0 Å². The molecule has 5 aliphatic rings. The largest absolute Gasteiger partial charge is 0.394 e. The van der Waals surface area contributed by atoms with Gasteiger partial charge in [-0.15, -0.1) is 0 Å². The summed E-state index contributed by atoms with van der Waals surface area (Å²) in [7, 11) is 0. The number of rotatable bonds is 13. The molecule has 0 aliphatic carbocycles. The van der Waals surface area contributed by atoms with Gasteiger partial charge >= 0.3 is 0 Å². The SMILES string of the molecule is N[C@@H]1C(CO)O[C@H](O[C@@H]2C(CO)O[C@H](O[C@@H]3C(CO)O[C@H](O[C@@H]4C(CO)O[C@H](O[C@@H]5C(CO)OC(O)C(O)[C@H]5O)C(O)[C@H]4O)C(O)[C@H]3O)C(O)[C@H]2O)C(O)[C@H]1O. The maximum atomic E-state index is 11.1. The molecule has 0 aromatic heterocycles. The second-order valence-corrected chi connectivity index (χ2v) is 14.0. The number of hydrogen-bond acceptors (Lipinski definition) is 26. The number of ether oxygens (including phenoxy) is 9. The fourth-order valence-corrected chi connectivity index (χ4v) is 7.08.